The lowest BCUT2D eigenvalue weighted by Gasteiger charge is -2.09. The molecule has 2 rings (SSSR count). The second kappa shape index (κ2) is 5.92. The standard InChI is InChI=1S/C13H11Cl2NO2S/c14-11-7-4-8-12(15)13(11)19(17,18)16-9-10-5-2-1-3-6-10/h1-8,16H,9H2. The number of rotatable bonds is 4. The summed E-state index contributed by atoms with van der Waals surface area (Å²) in [5.41, 5.74) is 0.856. The number of halogens is 2. The molecule has 0 aliphatic heterocycles. The molecule has 2 aromatic carbocycles. The Hall–Kier alpha value is -1.07. The van der Waals surface area contributed by atoms with E-state index < -0.39 is 10.0 Å². The zero-order chi connectivity index (χ0) is 13.9. The van der Waals surface area contributed by atoms with Crippen molar-refractivity contribution in [1.29, 1.82) is 0 Å². The third kappa shape index (κ3) is 3.48. The number of sulfonamides is 1. The molecular weight excluding hydrogens is 305 g/mol. The monoisotopic (exact) mass is 315 g/mol. The van der Waals surface area contributed by atoms with Crippen LogP contribution in [-0.2, 0) is 16.6 Å². The van der Waals surface area contributed by atoms with Gasteiger partial charge in [-0.2, -0.15) is 0 Å². The fourth-order valence-corrected chi connectivity index (χ4v) is 3.74. The molecule has 0 spiro atoms. The third-order valence-electron chi connectivity index (χ3n) is 2.50. The highest BCUT2D eigenvalue weighted by molar-refractivity contribution is 7.89. The summed E-state index contributed by atoms with van der Waals surface area (Å²) >= 11 is 11.8. The molecule has 0 heterocycles. The molecule has 0 fully saturated rings. The van der Waals surface area contributed by atoms with Gasteiger partial charge in [0.1, 0.15) is 4.90 Å². The predicted octanol–water partition coefficient (Wildman–Crippen LogP) is 3.47. The first-order valence-corrected chi connectivity index (χ1v) is 7.72. The summed E-state index contributed by atoms with van der Waals surface area (Å²) in [4.78, 5) is -0.0886. The third-order valence-corrected chi connectivity index (χ3v) is 4.85. The van der Waals surface area contributed by atoms with Gasteiger partial charge in [0.25, 0.3) is 0 Å². The van der Waals surface area contributed by atoms with Crippen molar-refractivity contribution in [2.45, 2.75) is 11.4 Å². The maximum atomic E-state index is 12.2. The minimum absolute atomic E-state index is 0.0886. The van der Waals surface area contributed by atoms with Crippen molar-refractivity contribution in [1.82, 2.24) is 4.72 Å². The van der Waals surface area contributed by atoms with Crippen LogP contribution in [0.25, 0.3) is 0 Å². The van der Waals surface area contributed by atoms with E-state index in [1.165, 1.54) is 12.1 Å². The molecule has 0 aromatic heterocycles. The number of hydrogen-bond acceptors (Lipinski definition) is 2. The van der Waals surface area contributed by atoms with Crippen molar-refractivity contribution >= 4 is 33.2 Å². The highest BCUT2D eigenvalue weighted by Gasteiger charge is 2.20. The summed E-state index contributed by atoms with van der Waals surface area (Å²) in [6.45, 7) is 0.185. The second-order valence-electron chi connectivity index (χ2n) is 3.86. The lowest BCUT2D eigenvalue weighted by molar-refractivity contribution is 0.581. The van der Waals surface area contributed by atoms with Crippen molar-refractivity contribution in [2.24, 2.45) is 0 Å². The molecule has 100 valence electrons. The Balaban J connectivity index is 2.24. The van der Waals surface area contributed by atoms with Crippen LogP contribution in [0.15, 0.2) is 53.4 Å². The molecule has 0 unspecified atom stereocenters. The summed E-state index contributed by atoms with van der Waals surface area (Å²) in [6.07, 6.45) is 0. The molecule has 0 aliphatic rings. The molecule has 3 nitrogen and oxygen atoms in total. The van der Waals surface area contributed by atoms with E-state index in [1.807, 2.05) is 30.3 Å². The topological polar surface area (TPSA) is 46.2 Å². The Bertz CT molecular complexity index is 652. The molecule has 0 saturated carbocycles. The van der Waals surface area contributed by atoms with Gasteiger partial charge in [-0.05, 0) is 17.7 Å². The molecule has 0 aliphatic carbocycles. The van der Waals surface area contributed by atoms with E-state index in [0.717, 1.165) is 5.56 Å². The molecule has 2 aromatic rings. The minimum Gasteiger partial charge on any atom is -0.207 e. The average molecular weight is 316 g/mol. The fraction of sp³-hybridized carbons (Fsp3) is 0.0769. The first-order chi connectivity index (χ1) is 9.00. The van der Waals surface area contributed by atoms with Gasteiger partial charge >= 0.3 is 0 Å². The Kier molecular flexibility index (Phi) is 4.47. The van der Waals surface area contributed by atoms with Crippen LogP contribution in [0.1, 0.15) is 5.56 Å². The van der Waals surface area contributed by atoms with E-state index in [1.54, 1.807) is 6.07 Å². The van der Waals surface area contributed by atoms with E-state index in [0.29, 0.717) is 0 Å². The number of benzene rings is 2. The van der Waals surface area contributed by atoms with Gasteiger partial charge in [-0.3, -0.25) is 0 Å². The minimum atomic E-state index is -3.73. The maximum absolute atomic E-state index is 12.2. The quantitative estimate of drug-likeness (QED) is 0.939. The van der Waals surface area contributed by atoms with Crippen molar-refractivity contribution in [3.8, 4) is 0 Å². The van der Waals surface area contributed by atoms with Gasteiger partial charge < -0.3 is 0 Å². The van der Waals surface area contributed by atoms with Gasteiger partial charge in [-0.25, -0.2) is 13.1 Å². The van der Waals surface area contributed by atoms with Gasteiger partial charge in [0, 0.05) is 6.54 Å². The zero-order valence-electron chi connectivity index (χ0n) is 9.81. The van der Waals surface area contributed by atoms with Gasteiger partial charge in [-0.1, -0.05) is 59.6 Å². The van der Waals surface area contributed by atoms with Gasteiger partial charge in [0.15, 0.2) is 0 Å². The van der Waals surface area contributed by atoms with Crippen molar-refractivity contribution in [2.75, 3.05) is 0 Å². The highest BCUT2D eigenvalue weighted by atomic mass is 35.5. The molecule has 19 heavy (non-hydrogen) atoms. The maximum Gasteiger partial charge on any atom is 0.243 e. The van der Waals surface area contributed by atoms with E-state index in [2.05, 4.69) is 4.72 Å². The van der Waals surface area contributed by atoms with Crippen molar-refractivity contribution in [3.63, 3.8) is 0 Å². The largest absolute Gasteiger partial charge is 0.243 e. The van der Waals surface area contributed by atoms with Crippen LogP contribution in [-0.4, -0.2) is 8.42 Å². The number of nitrogens with one attached hydrogen (secondary N) is 1. The Morgan fingerprint density at radius 3 is 2.05 bits per heavy atom. The van der Waals surface area contributed by atoms with Crippen LogP contribution in [0.2, 0.25) is 10.0 Å². The van der Waals surface area contributed by atoms with Crippen molar-refractivity contribution in [3.05, 3.63) is 64.1 Å². The summed E-state index contributed by atoms with van der Waals surface area (Å²) in [5.74, 6) is 0. The summed E-state index contributed by atoms with van der Waals surface area (Å²) in [5, 5.41) is 0.209. The zero-order valence-corrected chi connectivity index (χ0v) is 12.1. The van der Waals surface area contributed by atoms with E-state index in [4.69, 9.17) is 23.2 Å². The Morgan fingerprint density at radius 2 is 1.47 bits per heavy atom. The summed E-state index contributed by atoms with van der Waals surface area (Å²) < 4.78 is 26.8. The molecule has 0 atom stereocenters. The van der Waals surface area contributed by atoms with Crippen LogP contribution in [0.4, 0.5) is 0 Å². The van der Waals surface area contributed by atoms with Crippen LogP contribution in [0.3, 0.4) is 0 Å². The molecule has 0 saturated heterocycles. The average Bonchev–Trinajstić information content (AvgIpc) is 2.37. The van der Waals surface area contributed by atoms with Crippen LogP contribution >= 0.6 is 23.2 Å². The molecule has 6 heteroatoms. The molecule has 0 amide bonds. The van der Waals surface area contributed by atoms with Gasteiger partial charge in [0.05, 0.1) is 10.0 Å². The number of hydrogen-bond donors (Lipinski definition) is 1. The lowest BCUT2D eigenvalue weighted by atomic mass is 10.2. The first kappa shape index (κ1) is 14.3. The highest BCUT2D eigenvalue weighted by Crippen LogP contribution is 2.28. The van der Waals surface area contributed by atoms with Crippen LogP contribution in [0.5, 0.6) is 0 Å². The SMILES string of the molecule is O=S(=O)(NCc1ccccc1)c1c(Cl)cccc1Cl. The molecular formula is C13H11Cl2NO2S. The molecule has 0 radical (unpaired) electrons. The van der Waals surface area contributed by atoms with Crippen molar-refractivity contribution < 1.29 is 8.42 Å². The molecule has 1 N–H and O–H groups in total. The van der Waals surface area contributed by atoms with E-state index in [-0.39, 0.29) is 21.5 Å². The predicted molar refractivity (Wildman–Crippen MR) is 76.9 cm³/mol. The summed E-state index contributed by atoms with van der Waals surface area (Å²) in [7, 11) is -3.73. The van der Waals surface area contributed by atoms with Crippen LogP contribution < -0.4 is 4.72 Å². The normalized spacial score (nSPS) is 11.5. The van der Waals surface area contributed by atoms with Gasteiger partial charge in [-0.15, -0.1) is 0 Å². The molecule has 0 bridgehead atoms. The van der Waals surface area contributed by atoms with E-state index >= 15 is 0 Å². The van der Waals surface area contributed by atoms with Crippen LogP contribution in [0, 0.1) is 0 Å². The summed E-state index contributed by atoms with van der Waals surface area (Å²) in [6, 6.07) is 13.8. The Labute approximate surface area is 122 Å². The second-order valence-corrected chi connectivity index (χ2v) is 6.38. The fourth-order valence-electron chi connectivity index (χ4n) is 1.59. The smallest absolute Gasteiger partial charge is 0.207 e. The van der Waals surface area contributed by atoms with E-state index in [9.17, 15) is 8.42 Å². The van der Waals surface area contributed by atoms with Gasteiger partial charge in [0.2, 0.25) is 10.0 Å². The first-order valence-electron chi connectivity index (χ1n) is 5.48. The lowest BCUT2D eigenvalue weighted by Crippen LogP contribution is -2.23. The Morgan fingerprint density at radius 1 is 0.895 bits per heavy atom.